The highest BCUT2D eigenvalue weighted by Crippen LogP contribution is 2.01. The fourth-order valence-electron chi connectivity index (χ4n) is 0.669. The van der Waals surface area contributed by atoms with Crippen molar-refractivity contribution in [2.45, 2.75) is 33.1 Å². The summed E-state index contributed by atoms with van der Waals surface area (Å²) in [4.78, 5) is 0. The Bertz CT molecular complexity index is 84.6. The van der Waals surface area contributed by atoms with Crippen LogP contribution < -0.4 is 0 Å². The van der Waals surface area contributed by atoms with Crippen LogP contribution in [0.25, 0.3) is 0 Å². The Labute approximate surface area is 57.4 Å². The monoisotopic (exact) mass is 128 g/mol. The average Bonchev–Trinajstić information content (AvgIpc) is 1.85. The van der Waals surface area contributed by atoms with Crippen molar-refractivity contribution >= 4 is 0 Å². The summed E-state index contributed by atoms with van der Waals surface area (Å²) in [5.41, 5.74) is 1.30. The van der Waals surface area contributed by atoms with Crippen LogP contribution in [0.5, 0.6) is 0 Å². The van der Waals surface area contributed by atoms with E-state index in [2.05, 4.69) is 19.9 Å². The first kappa shape index (κ1) is 8.70. The summed E-state index contributed by atoms with van der Waals surface area (Å²) in [7, 11) is 0. The zero-order chi connectivity index (χ0) is 7.11. The van der Waals surface area contributed by atoms with Gasteiger partial charge in [-0.1, -0.05) is 25.0 Å². The van der Waals surface area contributed by atoms with Crippen LogP contribution in [0.1, 0.15) is 33.1 Å². The normalized spacial score (nSPS) is 12.1. The number of aliphatic hydroxyl groups excluding tert-OH is 1. The number of rotatable bonds is 4. The van der Waals surface area contributed by atoms with Crippen molar-refractivity contribution in [2.75, 3.05) is 6.61 Å². The Hall–Kier alpha value is -0.300. The summed E-state index contributed by atoms with van der Waals surface area (Å²) in [6.45, 7) is 4.50. The Balaban J connectivity index is 3.30. The van der Waals surface area contributed by atoms with E-state index in [-0.39, 0.29) is 6.61 Å². The number of aliphatic hydroxyl groups is 1. The van der Waals surface area contributed by atoms with Gasteiger partial charge in [0.15, 0.2) is 0 Å². The SMILES string of the molecule is CCC/C=C(\C)CCO. The molecule has 0 rings (SSSR count). The molecule has 1 N–H and O–H groups in total. The summed E-state index contributed by atoms with van der Waals surface area (Å²) in [6, 6.07) is 0. The van der Waals surface area contributed by atoms with Crippen LogP contribution in [-0.2, 0) is 0 Å². The lowest BCUT2D eigenvalue weighted by atomic mass is 10.2. The maximum atomic E-state index is 8.50. The van der Waals surface area contributed by atoms with E-state index in [4.69, 9.17) is 5.11 Å². The molecule has 0 atom stereocenters. The maximum Gasteiger partial charge on any atom is 0.0468 e. The molecule has 0 saturated heterocycles. The van der Waals surface area contributed by atoms with Gasteiger partial charge in [0, 0.05) is 6.61 Å². The molecule has 54 valence electrons. The van der Waals surface area contributed by atoms with E-state index in [0.717, 1.165) is 12.8 Å². The summed E-state index contributed by atoms with van der Waals surface area (Å²) in [5.74, 6) is 0. The second-order valence-corrected chi connectivity index (χ2v) is 2.31. The van der Waals surface area contributed by atoms with Gasteiger partial charge in [0.1, 0.15) is 0 Å². The highest BCUT2D eigenvalue weighted by atomic mass is 16.2. The van der Waals surface area contributed by atoms with Crippen molar-refractivity contribution in [2.24, 2.45) is 0 Å². The molecule has 0 saturated carbocycles. The zero-order valence-electron chi connectivity index (χ0n) is 6.35. The molecule has 0 aromatic rings. The van der Waals surface area contributed by atoms with Crippen molar-refractivity contribution in [3.63, 3.8) is 0 Å². The molecule has 1 nitrogen and oxygen atoms in total. The molecule has 0 radical (unpaired) electrons. The van der Waals surface area contributed by atoms with Crippen molar-refractivity contribution in [1.82, 2.24) is 0 Å². The molecule has 0 bridgehead atoms. The molecule has 0 aliphatic rings. The molecule has 0 heterocycles. The lowest BCUT2D eigenvalue weighted by Gasteiger charge is -1.94. The van der Waals surface area contributed by atoms with Crippen LogP contribution in [0, 0.1) is 0 Å². The highest BCUT2D eigenvalue weighted by molar-refractivity contribution is 4.97. The second kappa shape index (κ2) is 5.83. The summed E-state index contributed by atoms with van der Waals surface area (Å²) in [5, 5.41) is 8.50. The third-order valence-electron chi connectivity index (χ3n) is 1.29. The summed E-state index contributed by atoms with van der Waals surface area (Å²) in [6.07, 6.45) is 5.37. The molecule has 0 aliphatic heterocycles. The van der Waals surface area contributed by atoms with Crippen LogP contribution in [-0.4, -0.2) is 11.7 Å². The standard InChI is InChI=1S/C8H16O/c1-3-4-5-8(2)6-7-9/h5,9H,3-4,6-7H2,1-2H3/b8-5+. The van der Waals surface area contributed by atoms with Crippen LogP contribution in [0.2, 0.25) is 0 Å². The van der Waals surface area contributed by atoms with E-state index >= 15 is 0 Å². The second-order valence-electron chi connectivity index (χ2n) is 2.31. The topological polar surface area (TPSA) is 20.2 Å². The van der Waals surface area contributed by atoms with Gasteiger partial charge < -0.3 is 5.11 Å². The van der Waals surface area contributed by atoms with Crippen molar-refractivity contribution < 1.29 is 5.11 Å². The van der Waals surface area contributed by atoms with Crippen LogP contribution in [0.3, 0.4) is 0 Å². The van der Waals surface area contributed by atoms with Gasteiger partial charge >= 0.3 is 0 Å². The molecule has 0 unspecified atom stereocenters. The predicted molar refractivity (Wildman–Crippen MR) is 40.4 cm³/mol. The first-order chi connectivity index (χ1) is 4.31. The van der Waals surface area contributed by atoms with Gasteiger partial charge in [-0.2, -0.15) is 0 Å². The summed E-state index contributed by atoms with van der Waals surface area (Å²) >= 11 is 0. The van der Waals surface area contributed by atoms with Gasteiger partial charge in [0.2, 0.25) is 0 Å². The fourth-order valence-corrected chi connectivity index (χ4v) is 0.669. The molecular formula is C8H16O. The Kier molecular flexibility index (Phi) is 5.64. The van der Waals surface area contributed by atoms with Crippen LogP contribution in [0.4, 0.5) is 0 Å². The van der Waals surface area contributed by atoms with Crippen molar-refractivity contribution in [3.8, 4) is 0 Å². The number of unbranched alkanes of at least 4 members (excludes halogenated alkanes) is 1. The largest absolute Gasteiger partial charge is 0.396 e. The Morgan fingerprint density at radius 1 is 1.56 bits per heavy atom. The van der Waals surface area contributed by atoms with E-state index in [9.17, 15) is 0 Å². The molecule has 9 heavy (non-hydrogen) atoms. The number of hydrogen-bond acceptors (Lipinski definition) is 1. The molecule has 0 spiro atoms. The fraction of sp³-hybridized carbons (Fsp3) is 0.750. The summed E-state index contributed by atoms with van der Waals surface area (Å²) < 4.78 is 0. The molecule has 0 fully saturated rings. The van der Waals surface area contributed by atoms with E-state index < -0.39 is 0 Å². The van der Waals surface area contributed by atoms with E-state index in [1.807, 2.05) is 0 Å². The van der Waals surface area contributed by atoms with Crippen LogP contribution in [0.15, 0.2) is 11.6 Å². The van der Waals surface area contributed by atoms with Gasteiger partial charge in [-0.25, -0.2) is 0 Å². The molecule has 1 heteroatoms. The van der Waals surface area contributed by atoms with Crippen molar-refractivity contribution in [3.05, 3.63) is 11.6 Å². The van der Waals surface area contributed by atoms with Crippen LogP contribution >= 0.6 is 0 Å². The third-order valence-corrected chi connectivity index (χ3v) is 1.29. The molecular weight excluding hydrogens is 112 g/mol. The van der Waals surface area contributed by atoms with E-state index in [1.54, 1.807) is 0 Å². The Morgan fingerprint density at radius 2 is 2.22 bits per heavy atom. The molecule has 0 aliphatic carbocycles. The maximum absolute atomic E-state index is 8.50. The highest BCUT2D eigenvalue weighted by Gasteiger charge is 1.84. The van der Waals surface area contributed by atoms with E-state index in [0.29, 0.717) is 0 Å². The average molecular weight is 128 g/mol. The number of allylic oxidation sites excluding steroid dienone is 1. The van der Waals surface area contributed by atoms with Gasteiger partial charge in [0.25, 0.3) is 0 Å². The predicted octanol–water partition coefficient (Wildman–Crippen LogP) is 2.12. The Morgan fingerprint density at radius 3 is 2.67 bits per heavy atom. The van der Waals surface area contributed by atoms with Gasteiger partial charge in [-0.15, -0.1) is 0 Å². The number of hydrogen-bond donors (Lipinski definition) is 1. The lowest BCUT2D eigenvalue weighted by molar-refractivity contribution is 0.299. The smallest absolute Gasteiger partial charge is 0.0468 e. The minimum atomic E-state index is 0.284. The minimum absolute atomic E-state index is 0.284. The van der Waals surface area contributed by atoms with Gasteiger partial charge in [-0.05, 0) is 19.8 Å². The van der Waals surface area contributed by atoms with Gasteiger partial charge in [0.05, 0.1) is 0 Å². The van der Waals surface area contributed by atoms with E-state index in [1.165, 1.54) is 12.0 Å². The zero-order valence-corrected chi connectivity index (χ0v) is 6.35. The first-order valence-electron chi connectivity index (χ1n) is 3.57. The lowest BCUT2D eigenvalue weighted by Crippen LogP contribution is -1.83. The van der Waals surface area contributed by atoms with Crippen molar-refractivity contribution in [1.29, 1.82) is 0 Å². The third kappa shape index (κ3) is 5.57. The molecule has 0 aromatic carbocycles. The molecule has 0 aromatic heterocycles. The minimum Gasteiger partial charge on any atom is -0.396 e. The molecule has 0 amide bonds. The quantitative estimate of drug-likeness (QED) is 0.575. The van der Waals surface area contributed by atoms with Gasteiger partial charge in [-0.3, -0.25) is 0 Å². The first-order valence-corrected chi connectivity index (χ1v) is 3.57.